The van der Waals surface area contributed by atoms with Crippen molar-refractivity contribution in [3.63, 3.8) is 0 Å². The third-order valence-corrected chi connectivity index (χ3v) is 8.95. The molecule has 4 heteroatoms. The average Bonchev–Trinajstić information content (AvgIpc) is 3.84. The van der Waals surface area contributed by atoms with Gasteiger partial charge in [0.25, 0.3) is 0 Å². The fourth-order valence-electron chi connectivity index (χ4n) is 6.42. The molecule has 1 aromatic rings. The number of aliphatic imine (C=N–C) groups is 2. The molecule has 1 fully saturated rings. The second kappa shape index (κ2) is 14.8. The number of rotatable bonds is 11. The number of Topliss-reactive ketones (excluding diaryl/α,β-unsaturated/α-hetero) is 1. The minimum atomic E-state index is 0.308. The van der Waals surface area contributed by atoms with Crippen molar-refractivity contribution in [1.29, 1.82) is 0 Å². The maximum absolute atomic E-state index is 12.7. The molecule has 0 spiro atoms. The standard InChI is InChI=1S/C39H49N3O/c1-5-10-30(12-7-6-11-28(2)3)38-29(4)15-16-34(27-41-38)33-19-20-35-26-40-22-21-37(36(35)25-33)42-23-8-13-31(14-9-24-42)39(43)32-17-18-32/h6,11,13,15-16,19-22,25,27-28,30,32H,4-5,7-10,12,14,17-18,23-24,26H2,1-3H3/b11-6+,31-13-. The highest BCUT2D eigenvalue weighted by atomic mass is 16.1. The Morgan fingerprint density at radius 2 is 2.02 bits per heavy atom. The maximum atomic E-state index is 12.7. The van der Waals surface area contributed by atoms with E-state index in [4.69, 9.17) is 4.99 Å². The molecular weight excluding hydrogens is 526 g/mol. The molecule has 1 atom stereocenters. The Hall–Kier alpha value is -3.53. The Morgan fingerprint density at radius 3 is 2.81 bits per heavy atom. The molecule has 3 heterocycles. The lowest BCUT2D eigenvalue weighted by Gasteiger charge is -2.30. The van der Waals surface area contributed by atoms with Crippen LogP contribution < -0.4 is 0 Å². The first-order valence-corrected chi connectivity index (χ1v) is 16.6. The summed E-state index contributed by atoms with van der Waals surface area (Å²) >= 11 is 0. The fraction of sp³-hybridized carbons (Fsp3) is 0.462. The van der Waals surface area contributed by atoms with Crippen molar-refractivity contribution in [3.05, 3.63) is 95.3 Å². The van der Waals surface area contributed by atoms with Gasteiger partial charge in [-0.3, -0.25) is 14.8 Å². The van der Waals surface area contributed by atoms with Crippen LogP contribution in [-0.4, -0.2) is 35.7 Å². The Balaban J connectivity index is 1.37. The molecule has 1 saturated carbocycles. The third-order valence-electron chi connectivity index (χ3n) is 8.95. The number of allylic oxidation sites excluding steroid dienone is 8. The van der Waals surface area contributed by atoms with E-state index >= 15 is 0 Å². The lowest BCUT2D eigenvalue weighted by molar-refractivity contribution is -0.116. The Kier molecular flexibility index (Phi) is 10.6. The summed E-state index contributed by atoms with van der Waals surface area (Å²) in [6.45, 7) is 13.7. The summed E-state index contributed by atoms with van der Waals surface area (Å²) in [5.41, 5.74) is 9.22. The maximum Gasteiger partial charge on any atom is 0.161 e. The quantitative estimate of drug-likeness (QED) is 0.247. The molecule has 4 nitrogen and oxygen atoms in total. The van der Waals surface area contributed by atoms with Gasteiger partial charge in [-0.25, -0.2) is 0 Å². The minimum Gasteiger partial charge on any atom is -0.371 e. The number of nitrogens with zero attached hydrogens (tertiary/aromatic N) is 3. The summed E-state index contributed by atoms with van der Waals surface area (Å²) in [7, 11) is 0. The Labute approximate surface area is 259 Å². The van der Waals surface area contributed by atoms with Gasteiger partial charge in [0.15, 0.2) is 5.78 Å². The highest BCUT2D eigenvalue weighted by Crippen LogP contribution is 2.35. The van der Waals surface area contributed by atoms with E-state index in [0.717, 1.165) is 98.9 Å². The highest BCUT2D eigenvalue weighted by Gasteiger charge is 2.31. The zero-order valence-electron chi connectivity index (χ0n) is 26.5. The predicted octanol–water partition coefficient (Wildman–Crippen LogP) is 9.32. The van der Waals surface area contributed by atoms with Crippen LogP contribution in [0.1, 0.15) is 95.2 Å². The first-order chi connectivity index (χ1) is 20.9. The number of fused-ring (bicyclic) bond motifs is 1. The number of benzene rings is 1. The molecule has 4 aliphatic rings. The summed E-state index contributed by atoms with van der Waals surface area (Å²) in [5, 5.41) is 0. The molecule has 0 amide bonds. The van der Waals surface area contributed by atoms with Crippen molar-refractivity contribution >= 4 is 29.0 Å². The molecule has 1 aliphatic carbocycles. The van der Waals surface area contributed by atoms with Crippen LogP contribution in [0.5, 0.6) is 0 Å². The van der Waals surface area contributed by atoms with Gasteiger partial charge in [-0.05, 0) is 97.3 Å². The van der Waals surface area contributed by atoms with E-state index in [-0.39, 0.29) is 0 Å². The molecule has 1 aromatic carbocycles. The monoisotopic (exact) mass is 575 g/mol. The lowest BCUT2D eigenvalue weighted by Crippen LogP contribution is -2.27. The second-order valence-electron chi connectivity index (χ2n) is 12.9. The van der Waals surface area contributed by atoms with Gasteiger partial charge in [0, 0.05) is 48.6 Å². The van der Waals surface area contributed by atoms with Gasteiger partial charge < -0.3 is 4.90 Å². The van der Waals surface area contributed by atoms with Gasteiger partial charge in [-0.2, -0.15) is 0 Å². The van der Waals surface area contributed by atoms with Gasteiger partial charge >= 0.3 is 0 Å². The lowest BCUT2D eigenvalue weighted by atomic mass is 9.88. The Bertz CT molecular complexity index is 1410. The molecule has 1 unspecified atom stereocenters. The molecule has 5 rings (SSSR count). The van der Waals surface area contributed by atoms with Crippen LogP contribution in [0.15, 0.2) is 88.6 Å². The van der Waals surface area contributed by atoms with Crippen LogP contribution in [-0.2, 0) is 11.3 Å². The van der Waals surface area contributed by atoms with E-state index < -0.39 is 0 Å². The van der Waals surface area contributed by atoms with E-state index in [0.29, 0.717) is 30.1 Å². The molecule has 226 valence electrons. The summed E-state index contributed by atoms with van der Waals surface area (Å²) in [6, 6.07) is 6.77. The number of ketones is 1. The molecule has 0 saturated heterocycles. The first-order valence-electron chi connectivity index (χ1n) is 16.6. The van der Waals surface area contributed by atoms with Crippen LogP contribution in [0.3, 0.4) is 0 Å². The van der Waals surface area contributed by atoms with Crippen LogP contribution >= 0.6 is 0 Å². The molecule has 0 radical (unpaired) electrons. The summed E-state index contributed by atoms with van der Waals surface area (Å²) in [6.07, 6.45) is 26.7. The van der Waals surface area contributed by atoms with Crippen LogP contribution in [0.2, 0.25) is 0 Å². The van der Waals surface area contributed by atoms with Crippen molar-refractivity contribution in [1.82, 2.24) is 4.90 Å². The summed E-state index contributed by atoms with van der Waals surface area (Å²) in [5.74, 6) is 1.71. The molecule has 43 heavy (non-hydrogen) atoms. The van der Waals surface area contributed by atoms with Gasteiger partial charge in [0.1, 0.15) is 0 Å². The van der Waals surface area contributed by atoms with Gasteiger partial charge in [0.05, 0.1) is 12.3 Å². The third kappa shape index (κ3) is 8.10. The van der Waals surface area contributed by atoms with E-state index in [1.807, 2.05) is 12.4 Å². The van der Waals surface area contributed by atoms with Gasteiger partial charge in [-0.1, -0.05) is 76.3 Å². The predicted molar refractivity (Wildman–Crippen MR) is 183 cm³/mol. The van der Waals surface area contributed by atoms with E-state index in [2.05, 4.69) is 91.9 Å². The smallest absolute Gasteiger partial charge is 0.161 e. The number of hydrogen-bond acceptors (Lipinski definition) is 4. The van der Waals surface area contributed by atoms with E-state index in [9.17, 15) is 4.79 Å². The molecule has 0 N–H and O–H groups in total. The van der Waals surface area contributed by atoms with Crippen molar-refractivity contribution < 1.29 is 4.79 Å². The van der Waals surface area contributed by atoms with Crippen LogP contribution in [0.4, 0.5) is 0 Å². The normalized spacial score (nSPS) is 21.2. The van der Waals surface area contributed by atoms with Crippen LogP contribution in [0, 0.1) is 17.8 Å². The van der Waals surface area contributed by atoms with Gasteiger partial charge in [0.2, 0.25) is 0 Å². The SMILES string of the molecule is C=C1C=CC(c2ccc3c(c2)C(N2CC/C=C(\C(=O)C4CC4)CCC2)=CC=NC3)=CN=C1C(CCC)CC/C=C/C(C)C. The molecular formula is C39H49N3O. The highest BCUT2D eigenvalue weighted by molar-refractivity contribution is 6.05. The summed E-state index contributed by atoms with van der Waals surface area (Å²) < 4.78 is 0. The fourth-order valence-corrected chi connectivity index (χ4v) is 6.42. The molecule has 0 aromatic heterocycles. The van der Waals surface area contributed by atoms with Crippen LogP contribution in [0.25, 0.3) is 11.3 Å². The summed E-state index contributed by atoms with van der Waals surface area (Å²) in [4.78, 5) is 24.9. The minimum absolute atomic E-state index is 0.308. The van der Waals surface area contributed by atoms with E-state index in [1.54, 1.807) is 0 Å². The zero-order valence-corrected chi connectivity index (χ0v) is 26.5. The van der Waals surface area contributed by atoms with Crippen molar-refractivity contribution in [2.24, 2.45) is 27.7 Å². The van der Waals surface area contributed by atoms with Gasteiger partial charge in [-0.15, -0.1) is 0 Å². The number of carbonyl (C=O) groups excluding carboxylic acids is 1. The average molecular weight is 576 g/mol. The molecule has 3 aliphatic heterocycles. The van der Waals surface area contributed by atoms with Crippen molar-refractivity contribution in [2.75, 3.05) is 13.1 Å². The molecule has 0 bridgehead atoms. The first kappa shape index (κ1) is 30.9. The van der Waals surface area contributed by atoms with E-state index in [1.165, 1.54) is 16.8 Å². The van der Waals surface area contributed by atoms with Crippen molar-refractivity contribution in [2.45, 2.75) is 85.1 Å². The number of carbonyl (C=O) groups is 1. The van der Waals surface area contributed by atoms with Crippen molar-refractivity contribution in [3.8, 4) is 0 Å². The topological polar surface area (TPSA) is 45.0 Å². The largest absolute Gasteiger partial charge is 0.371 e. The number of hydrogen-bond donors (Lipinski definition) is 0. The zero-order chi connectivity index (χ0) is 30.2. The second-order valence-corrected chi connectivity index (χ2v) is 12.9. The Morgan fingerprint density at radius 1 is 1.16 bits per heavy atom.